The van der Waals surface area contributed by atoms with Gasteiger partial charge in [-0.2, -0.15) is 0 Å². The molecular formula is C68H132O17P2. The topological polar surface area (TPSA) is 237 Å². The minimum atomic E-state index is -4.95. The third-order valence-corrected chi connectivity index (χ3v) is 18.2. The average Bonchev–Trinajstić information content (AvgIpc) is 3.70. The van der Waals surface area contributed by atoms with Gasteiger partial charge in [-0.3, -0.25) is 37.3 Å². The zero-order valence-electron chi connectivity index (χ0n) is 56.6. The summed E-state index contributed by atoms with van der Waals surface area (Å²) in [4.78, 5) is 72.4. The molecule has 0 rings (SSSR count). The Morgan fingerprint density at radius 3 is 0.816 bits per heavy atom. The lowest BCUT2D eigenvalue weighted by molar-refractivity contribution is -0.161. The van der Waals surface area contributed by atoms with Gasteiger partial charge in [0.25, 0.3) is 0 Å². The van der Waals surface area contributed by atoms with E-state index in [9.17, 15) is 43.2 Å². The van der Waals surface area contributed by atoms with E-state index in [1.54, 1.807) is 0 Å². The number of phosphoric acid groups is 2. The molecule has 3 N–H and O–H groups in total. The minimum absolute atomic E-state index is 0.103. The molecule has 0 saturated carbocycles. The summed E-state index contributed by atoms with van der Waals surface area (Å²) in [5.41, 5.74) is 0. The first-order chi connectivity index (χ1) is 41.7. The fourth-order valence-electron chi connectivity index (χ4n) is 10.1. The molecule has 7 atom stereocenters. The molecule has 0 spiro atoms. The van der Waals surface area contributed by atoms with Crippen LogP contribution >= 0.6 is 15.6 Å². The SMILES string of the molecule is CCC(C)CCCCCCCCCCC(=O)O[C@H](COC(=O)CCCCCCCCC(C)CC)COP(=O)(O)OC[C@H](O)COP(=O)(O)OC[C@@H](COC(=O)CCCCCCCCCC(C)C)OC(=O)CCCCCCCCCCCCCCC(C)C. The summed E-state index contributed by atoms with van der Waals surface area (Å²) in [5.74, 6) is 0.847. The van der Waals surface area contributed by atoms with Crippen molar-refractivity contribution >= 4 is 39.5 Å². The second kappa shape index (κ2) is 57.9. The summed E-state index contributed by atoms with van der Waals surface area (Å²) in [5, 5.41) is 10.6. The average molecular weight is 1280 g/mol. The molecule has 0 radical (unpaired) electrons. The number of hydrogen-bond donors (Lipinski definition) is 3. The van der Waals surface area contributed by atoms with Gasteiger partial charge in [-0.1, -0.05) is 280 Å². The predicted octanol–water partition coefficient (Wildman–Crippen LogP) is 18.9. The summed E-state index contributed by atoms with van der Waals surface area (Å²) < 4.78 is 68.2. The van der Waals surface area contributed by atoms with Crippen LogP contribution < -0.4 is 0 Å². The van der Waals surface area contributed by atoms with Crippen molar-refractivity contribution < 1.29 is 80.2 Å². The van der Waals surface area contributed by atoms with Gasteiger partial charge in [0.15, 0.2) is 12.2 Å². The molecule has 516 valence electrons. The van der Waals surface area contributed by atoms with Crippen molar-refractivity contribution in [1.82, 2.24) is 0 Å². The zero-order chi connectivity index (χ0) is 64.7. The predicted molar refractivity (Wildman–Crippen MR) is 349 cm³/mol. The molecule has 0 amide bonds. The number of ether oxygens (including phenoxy) is 4. The summed E-state index contributed by atoms with van der Waals surface area (Å²) in [6.07, 6.45) is 39.0. The van der Waals surface area contributed by atoms with E-state index in [0.717, 1.165) is 120 Å². The van der Waals surface area contributed by atoms with Crippen molar-refractivity contribution in [2.24, 2.45) is 23.7 Å². The van der Waals surface area contributed by atoms with Crippen molar-refractivity contribution in [2.75, 3.05) is 39.6 Å². The molecule has 0 aromatic rings. The molecule has 0 aromatic carbocycles. The maximum atomic E-state index is 13.0. The van der Waals surface area contributed by atoms with Gasteiger partial charge >= 0.3 is 39.5 Å². The fraction of sp³-hybridized carbons (Fsp3) is 0.941. The smallest absolute Gasteiger partial charge is 0.462 e. The fourth-order valence-corrected chi connectivity index (χ4v) is 11.7. The maximum absolute atomic E-state index is 13.0. The standard InChI is InChI=1S/C68H132O17P2/c1-9-60(7)46-38-30-22-17-18-24-35-43-51-68(73)85-64(55-79-66(71)49-41-33-27-26-31-39-47-61(8)10-2)57-83-87(76,77)81-53-62(69)52-80-86(74,75)82-56-63(54-78-65(70)48-40-32-25-19-21-29-37-45-59(5)6)84-67(72)50-42-34-23-16-14-12-11-13-15-20-28-36-44-58(3)4/h58-64,69H,9-57H2,1-8H3,(H,74,75)(H,76,77)/t60?,61?,62-,63-,64-/m1/s1. The Kier molecular flexibility index (Phi) is 56.6. The van der Waals surface area contributed by atoms with Gasteiger partial charge in [0.2, 0.25) is 0 Å². The van der Waals surface area contributed by atoms with E-state index < -0.39 is 97.5 Å². The monoisotopic (exact) mass is 1280 g/mol. The van der Waals surface area contributed by atoms with Crippen LogP contribution in [-0.4, -0.2) is 96.7 Å². The van der Waals surface area contributed by atoms with Crippen molar-refractivity contribution in [3.8, 4) is 0 Å². The highest BCUT2D eigenvalue weighted by Gasteiger charge is 2.30. The number of hydrogen-bond acceptors (Lipinski definition) is 15. The molecule has 4 unspecified atom stereocenters. The van der Waals surface area contributed by atoms with Crippen LogP contribution in [0.5, 0.6) is 0 Å². The first kappa shape index (κ1) is 85.1. The number of carbonyl (C=O) groups excluding carboxylic acids is 4. The van der Waals surface area contributed by atoms with Crippen molar-refractivity contribution in [3.05, 3.63) is 0 Å². The van der Waals surface area contributed by atoms with Crippen LogP contribution in [0.2, 0.25) is 0 Å². The molecule has 87 heavy (non-hydrogen) atoms. The number of carbonyl (C=O) groups is 4. The number of aliphatic hydroxyl groups is 1. The van der Waals surface area contributed by atoms with Gasteiger partial charge in [0.1, 0.15) is 19.3 Å². The van der Waals surface area contributed by atoms with Crippen LogP contribution in [-0.2, 0) is 65.4 Å². The Labute approximate surface area is 530 Å². The van der Waals surface area contributed by atoms with Gasteiger partial charge in [-0.05, 0) is 49.4 Å². The lowest BCUT2D eigenvalue weighted by Gasteiger charge is -2.21. The normalized spacial score (nSPS) is 15.0. The van der Waals surface area contributed by atoms with Gasteiger partial charge in [-0.15, -0.1) is 0 Å². The first-order valence-electron chi connectivity index (χ1n) is 35.3. The summed E-state index contributed by atoms with van der Waals surface area (Å²) in [6.45, 7) is 14.0. The summed E-state index contributed by atoms with van der Waals surface area (Å²) in [6, 6.07) is 0. The Morgan fingerprint density at radius 1 is 0.322 bits per heavy atom. The van der Waals surface area contributed by atoms with Crippen LogP contribution in [0.1, 0.15) is 331 Å². The Bertz CT molecular complexity index is 1730. The zero-order valence-corrected chi connectivity index (χ0v) is 58.4. The van der Waals surface area contributed by atoms with Crippen LogP contribution in [0.15, 0.2) is 0 Å². The van der Waals surface area contributed by atoms with E-state index in [0.29, 0.717) is 31.6 Å². The van der Waals surface area contributed by atoms with E-state index in [4.69, 9.17) is 37.0 Å². The quantitative estimate of drug-likeness (QED) is 0.0222. The van der Waals surface area contributed by atoms with E-state index in [1.165, 1.54) is 122 Å². The third-order valence-electron chi connectivity index (χ3n) is 16.3. The number of unbranched alkanes of at least 4 members (excludes halogenated alkanes) is 29. The Hall–Kier alpha value is -1.94. The van der Waals surface area contributed by atoms with Gasteiger partial charge in [0.05, 0.1) is 26.4 Å². The number of aliphatic hydroxyl groups excluding tert-OH is 1. The number of rotatable bonds is 65. The van der Waals surface area contributed by atoms with Gasteiger partial charge in [0, 0.05) is 25.7 Å². The second-order valence-electron chi connectivity index (χ2n) is 26.0. The Morgan fingerprint density at radius 2 is 0.552 bits per heavy atom. The highest BCUT2D eigenvalue weighted by atomic mass is 31.2. The van der Waals surface area contributed by atoms with Crippen molar-refractivity contribution in [1.29, 1.82) is 0 Å². The molecule has 0 aliphatic carbocycles. The first-order valence-corrected chi connectivity index (χ1v) is 38.3. The highest BCUT2D eigenvalue weighted by Crippen LogP contribution is 2.45. The molecule has 0 aliphatic heterocycles. The molecule has 0 aliphatic rings. The largest absolute Gasteiger partial charge is 0.472 e. The summed E-state index contributed by atoms with van der Waals surface area (Å²) in [7, 11) is -9.90. The van der Waals surface area contributed by atoms with Gasteiger partial charge in [-0.25, -0.2) is 9.13 Å². The molecule has 17 nitrogen and oxygen atoms in total. The second-order valence-corrected chi connectivity index (χ2v) is 28.9. The molecule has 0 aromatic heterocycles. The molecule has 0 fully saturated rings. The minimum Gasteiger partial charge on any atom is -0.462 e. The van der Waals surface area contributed by atoms with E-state index in [2.05, 4.69) is 55.4 Å². The van der Waals surface area contributed by atoms with Crippen molar-refractivity contribution in [2.45, 2.75) is 350 Å². The van der Waals surface area contributed by atoms with Crippen LogP contribution in [0, 0.1) is 23.7 Å². The molecule has 0 bridgehead atoms. The molecule has 19 heteroatoms. The lowest BCUT2D eigenvalue weighted by atomic mass is 9.99. The summed E-state index contributed by atoms with van der Waals surface area (Å²) >= 11 is 0. The van der Waals surface area contributed by atoms with E-state index in [1.807, 2.05) is 0 Å². The number of phosphoric ester groups is 2. The highest BCUT2D eigenvalue weighted by molar-refractivity contribution is 7.47. The van der Waals surface area contributed by atoms with E-state index >= 15 is 0 Å². The molecular weight excluding hydrogens is 1150 g/mol. The van der Waals surface area contributed by atoms with Crippen LogP contribution in [0.4, 0.5) is 0 Å². The van der Waals surface area contributed by atoms with Crippen molar-refractivity contribution in [3.63, 3.8) is 0 Å². The van der Waals surface area contributed by atoms with Crippen LogP contribution in [0.25, 0.3) is 0 Å². The Balaban J connectivity index is 5.26. The number of esters is 4. The van der Waals surface area contributed by atoms with E-state index in [-0.39, 0.29) is 25.7 Å². The third kappa shape index (κ3) is 60.1. The van der Waals surface area contributed by atoms with Crippen LogP contribution in [0.3, 0.4) is 0 Å². The maximum Gasteiger partial charge on any atom is 0.472 e. The molecule has 0 heterocycles. The van der Waals surface area contributed by atoms with Gasteiger partial charge < -0.3 is 33.8 Å². The molecule has 0 saturated heterocycles. The lowest BCUT2D eigenvalue weighted by Crippen LogP contribution is -2.30.